The Morgan fingerprint density at radius 2 is 2.05 bits per heavy atom. The Morgan fingerprint density at radius 1 is 1.35 bits per heavy atom. The molecule has 112 valence electrons. The summed E-state index contributed by atoms with van der Waals surface area (Å²) in [4.78, 5) is 0. The molecule has 0 amide bonds. The molecule has 1 aliphatic rings. The van der Waals surface area contributed by atoms with Crippen LogP contribution in [0.1, 0.15) is 13.3 Å². The first kappa shape index (κ1) is 15.0. The summed E-state index contributed by atoms with van der Waals surface area (Å²) in [6.45, 7) is 2.35. The first-order valence-electron chi connectivity index (χ1n) is 6.58. The third kappa shape index (κ3) is 4.59. The second-order valence-electron chi connectivity index (χ2n) is 4.98. The van der Waals surface area contributed by atoms with E-state index in [1.165, 1.54) is 12.1 Å². The highest BCUT2D eigenvalue weighted by Gasteiger charge is 2.28. The van der Waals surface area contributed by atoms with Crippen molar-refractivity contribution in [3.05, 3.63) is 24.3 Å². The molecule has 3 nitrogen and oxygen atoms in total. The molecule has 1 fully saturated rings. The summed E-state index contributed by atoms with van der Waals surface area (Å²) in [6.07, 6.45) is -3.28. The molecule has 2 atom stereocenters. The minimum atomic E-state index is -4.31. The molecule has 1 aromatic rings. The number of hydrogen-bond acceptors (Lipinski definition) is 3. The minimum Gasteiger partial charge on any atom is -0.484 e. The number of halogens is 3. The zero-order valence-electron chi connectivity index (χ0n) is 11.2. The highest BCUT2D eigenvalue weighted by Crippen LogP contribution is 2.23. The molecular weight excluding hydrogens is 271 g/mol. The third-order valence-corrected chi connectivity index (χ3v) is 3.32. The largest absolute Gasteiger partial charge is 0.484 e. The number of ether oxygens (including phenoxy) is 2. The van der Waals surface area contributed by atoms with Crippen molar-refractivity contribution >= 4 is 5.69 Å². The van der Waals surface area contributed by atoms with Gasteiger partial charge < -0.3 is 14.8 Å². The Morgan fingerprint density at radius 3 is 2.60 bits per heavy atom. The molecular formula is C14H18F3NO2. The smallest absolute Gasteiger partial charge is 0.422 e. The van der Waals surface area contributed by atoms with Gasteiger partial charge in [-0.3, -0.25) is 0 Å². The van der Waals surface area contributed by atoms with Crippen molar-refractivity contribution in [1.82, 2.24) is 0 Å². The van der Waals surface area contributed by atoms with Crippen molar-refractivity contribution in [2.75, 3.05) is 25.1 Å². The van der Waals surface area contributed by atoms with Crippen LogP contribution in [-0.4, -0.2) is 32.0 Å². The zero-order valence-corrected chi connectivity index (χ0v) is 11.2. The number of anilines is 1. The van der Waals surface area contributed by atoms with E-state index in [-0.39, 0.29) is 11.8 Å². The van der Waals surface area contributed by atoms with Crippen molar-refractivity contribution in [1.29, 1.82) is 0 Å². The number of alkyl halides is 3. The Kier molecular flexibility index (Phi) is 4.75. The van der Waals surface area contributed by atoms with E-state index >= 15 is 0 Å². The number of benzene rings is 1. The molecule has 0 radical (unpaired) electrons. The van der Waals surface area contributed by atoms with Crippen molar-refractivity contribution in [3.63, 3.8) is 0 Å². The molecule has 2 unspecified atom stereocenters. The van der Waals surface area contributed by atoms with Crippen LogP contribution in [0.5, 0.6) is 5.75 Å². The minimum absolute atomic E-state index is 0.213. The first-order valence-corrected chi connectivity index (χ1v) is 6.58. The fraction of sp³-hybridized carbons (Fsp3) is 0.571. The lowest BCUT2D eigenvalue weighted by Crippen LogP contribution is -2.26. The van der Waals surface area contributed by atoms with Gasteiger partial charge in [0.2, 0.25) is 0 Å². The maximum absolute atomic E-state index is 12.0. The van der Waals surface area contributed by atoms with E-state index in [0.717, 1.165) is 25.3 Å². The molecule has 0 spiro atoms. The van der Waals surface area contributed by atoms with Gasteiger partial charge in [0.05, 0.1) is 6.61 Å². The van der Waals surface area contributed by atoms with Gasteiger partial charge in [-0.1, -0.05) is 0 Å². The summed E-state index contributed by atoms with van der Waals surface area (Å²) < 4.78 is 46.0. The van der Waals surface area contributed by atoms with Crippen LogP contribution < -0.4 is 10.1 Å². The van der Waals surface area contributed by atoms with Crippen LogP contribution in [-0.2, 0) is 4.74 Å². The van der Waals surface area contributed by atoms with Crippen LogP contribution in [0, 0.1) is 5.92 Å². The van der Waals surface area contributed by atoms with Crippen LogP contribution in [0.15, 0.2) is 24.3 Å². The van der Waals surface area contributed by atoms with E-state index in [1.54, 1.807) is 12.1 Å². The SMILES string of the molecule is CC(Nc1ccc(OCC(F)(F)F)cc1)C1CCOC1. The third-order valence-electron chi connectivity index (χ3n) is 3.32. The number of hydrogen-bond donors (Lipinski definition) is 1. The molecule has 20 heavy (non-hydrogen) atoms. The Labute approximate surface area is 116 Å². The average Bonchev–Trinajstić information content (AvgIpc) is 2.91. The van der Waals surface area contributed by atoms with Crippen LogP contribution in [0.25, 0.3) is 0 Å². The highest BCUT2D eigenvalue weighted by atomic mass is 19.4. The van der Waals surface area contributed by atoms with E-state index in [0.29, 0.717) is 5.92 Å². The van der Waals surface area contributed by atoms with E-state index in [4.69, 9.17) is 4.74 Å². The summed E-state index contributed by atoms with van der Waals surface area (Å²) in [7, 11) is 0. The summed E-state index contributed by atoms with van der Waals surface area (Å²) >= 11 is 0. The number of nitrogens with one attached hydrogen (secondary N) is 1. The van der Waals surface area contributed by atoms with E-state index in [2.05, 4.69) is 17.0 Å². The van der Waals surface area contributed by atoms with Crippen molar-refractivity contribution in [2.24, 2.45) is 5.92 Å². The van der Waals surface area contributed by atoms with Crippen molar-refractivity contribution in [3.8, 4) is 5.75 Å². The Balaban J connectivity index is 1.84. The maximum atomic E-state index is 12.0. The van der Waals surface area contributed by atoms with Crippen molar-refractivity contribution in [2.45, 2.75) is 25.6 Å². The molecule has 0 aromatic heterocycles. The zero-order chi connectivity index (χ0) is 14.6. The molecule has 1 aliphatic heterocycles. The van der Waals surface area contributed by atoms with Gasteiger partial charge in [-0.25, -0.2) is 0 Å². The van der Waals surface area contributed by atoms with Gasteiger partial charge >= 0.3 is 6.18 Å². The van der Waals surface area contributed by atoms with Gasteiger partial charge in [-0.05, 0) is 37.6 Å². The number of rotatable bonds is 5. The Bertz CT molecular complexity index is 413. The van der Waals surface area contributed by atoms with Gasteiger partial charge in [0.25, 0.3) is 0 Å². The summed E-state index contributed by atoms with van der Waals surface area (Å²) in [5.41, 5.74) is 0.865. The van der Waals surface area contributed by atoms with Crippen LogP contribution in [0.3, 0.4) is 0 Å². The maximum Gasteiger partial charge on any atom is 0.422 e. The standard InChI is InChI=1S/C14H18F3NO2/c1-10(11-6-7-19-8-11)18-12-2-4-13(5-3-12)20-9-14(15,16)17/h2-5,10-11,18H,6-9H2,1H3. The van der Waals surface area contributed by atoms with Gasteiger partial charge in [-0.2, -0.15) is 13.2 Å². The molecule has 2 rings (SSSR count). The average molecular weight is 289 g/mol. The highest BCUT2D eigenvalue weighted by molar-refractivity contribution is 5.47. The molecule has 0 bridgehead atoms. The predicted octanol–water partition coefficient (Wildman–Crippen LogP) is 3.46. The fourth-order valence-corrected chi connectivity index (χ4v) is 2.14. The van der Waals surface area contributed by atoms with Gasteiger partial charge in [-0.15, -0.1) is 0 Å². The summed E-state index contributed by atoms with van der Waals surface area (Å²) in [6, 6.07) is 6.77. The molecule has 1 saturated heterocycles. The fourth-order valence-electron chi connectivity index (χ4n) is 2.14. The second kappa shape index (κ2) is 6.35. The molecule has 1 N–H and O–H groups in total. The second-order valence-corrected chi connectivity index (χ2v) is 4.98. The molecule has 6 heteroatoms. The lowest BCUT2D eigenvalue weighted by molar-refractivity contribution is -0.153. The topological polar surface area (TPSA) is 30.5 Å². The van der Waals surface area contributed by atoms with Crippen LogP contribution in [0.4, 0.5) is 18.9 Å². The Hall–Kier alpha value is -1.43. The summed E-state index contributed by atoms with van der Waals surface area (Å²) in [5.74, 6) is 0.681. The van der Waals surface area contributed by atoms with Gasteiger partial charge in [0.1, 0.15) is 5.75 Å². The molecule has 0 saturated carbocycles. The van der Waals surface area contributed by atoms with Crippen molar-refractivity contribution < 1.29 is 22.6 Å². The molecule has 0 aliphatic carbocycles. The lowest BCUT2D eigenvalue weighted by atomic mass is 10.0. The van der Waals surface area contributed by atoms with Crippen LogP contribution in [0.2, 0.25) is 0 Å². The monoisotopic (exact) mass is 289 g/mol. The van der Waals surface area contributed by atoms with Gasteiger partial charge in [0.15, 0.2) is 6.61 Å². The lowest BCUT2D eigenvalue weighted by Gasteiger charge is -2.20. The normalized spacial score (nSPS) is 20.7. The van der Waals surface area contributed by atoms with E-state index in [1.807, 2.05) is 0 Å². The quantitative estimate of drug-likeness (QED) is 0.900. The van der Waals surface area contributed by atoms with E-state index < -0.39 is 12.8 Å². The first-order chi connectivity index (χ1) is 9.44. The van der Waals surface area contributed by atoms with Gasteiger partial charge in [0, 0.05) is 24.3 Å². The summed E-state index contributed by atoms with van der Waals surface area (Å²) in [5, 5.41) is 3.33. The van der Waals surface area contributed by atoms with Crippen LogP contribution >= 0.6 is 0 Å². The molecule has 1 aromatic carbocycles. The van der Waals surface area contributed by atoms with E-state index in [9.17, 15) is 13.2 Å². The predicted molar refractivity (Wildman–Crippen MR) is 70.0 cm³/mol. The molecule has 1 heterocycles.